The van der Waals surface area contributed by atoms with Crippen LogP contribution in [0.25, 0.3) is 0 Å². The number of carboxylic acids is 1. The summed E-state index contributed by atoms with van der Waals surface area (Å²) in [5, 5.41) is 11.8. The maximum Gasteiger partial charge on any atom is 0.308 e. The number of rotatable bonds is 5. The fourth-order valence-corrected chi connectivity index (χ4v) is 2.40. The molecule has 4 nitrogen and oxygen atoms in total. The fourth-order valence-electron chi connectivity index (χ4n) is 2.40. The van der Waals surface area contributed by atoms with E-state index in [9.17, 15) is 9.59 Å². The van der Waals surface area contributed by atoms with Gasteiger partial charge in [-0.25, -0.2) is 0 Å². The van der Waals surface area contributed by atoms with Gasteiger partial charge in [0.05, 0.1) is 11.3 Å². The molecule has 0 aliphatic heterocycles. The van der Waals surface area contributed by atoms with E-state index >= 15 is 0 Å². The van der Waals surface area contributed by atoms with Crippen LogP contribution in [0.4, 0.5) is 0 Å². The Morgan fingerprint density at radius 2 is 1.95 bits per heavy atom. The number of nitrogens with one attached hydrogen (secondary N) is 1. The first-order valence-electron chi connectivity index (χ1n) is 6.98. The molecular weight excluding hydrogens is 254 g/mol. The summed E-state index contributed by atoms with van der Waals surface area (Å²) in [6.07, 6.45) is 1.66. The second kappa shape index (κ2) is 5.27. The second-order valence-corrected chi connectivity index (χ2v) is 5.84. The van der Waals surface area contributed by atoms with Crippen molar-refractivity contribution in [1.29, 1.82) is 0 Å². The van der Waals surface area contributed by atoms with Crippen molar-refractivity contribution in [3.63, 3.8) is 0 Å². The van der Waals surface area contributed by atoms with E-state index in [-0.39, 0.29) is 11.9 Å². The van der Waals surface area contributed by atoms with Crippen LogP contribution in [0.15, 0.2) is 24.3 Å². The van der Waals surface area contributed by atoms with Gasteiger partial charge < -0.3 is 10.4 Å². The van der Waals surface area contributed by atoms with Crippen molar-refractivity contribution in [2.24, 2.45) is 5.92 Å². The van der Waals surface area contributed by atoms with Crippen LogP contribution in [0.2, 0.25) is 0 Å². The van der Waals surface area contributed by atoms with Crippen LogP contribution in [-0.2, 0) is 15.0 Å². The van der Waals surface area contributed by atoms with E-state index in [2.05, 4.69) is 5.32 Å². The summed E-state index contributed by atoms with van der Waals surface area (Å²) < 4.78 is 0. The van der Waals surface area contributed by atoms with Gasteiger partial charge in [0.15, 0.2) is 0 Å². The molecule has 0 aromatic heterocycles. The standard InChI is InChI=1S/C16H21NO3/c1-10-5-4-6-13(9-10)16(7-8-16)15(20)17-12(3)11(2)14(18)19/h4-6,9,11-12H,7-8H2,1-3H3,(H,17,20)(H,18,19). The van der Waals surface area contributed by atoms with Crippen molar-refractivity contribution in [1.82, 2.24) is 5.32 Å². The Labute approximate surface area is 119 Å². The maximum absolute atomic E-state index is 12.5. The Bertz CT molecular complexity index is 534. The van der Waals surface area contributed by atoms with Gasteiger partial charge in [0, 0.05) is 6.04 Å². The van der Waals surface area contributed by atoms with Gasteiger partial charge in [0.2, 0.25) is 5.91 Å². The minimum Gasteiger partial charge on any atom is -0.481 e. The third-order valence-corrected chi connectivity index (χ3v) is 4.25. The van der Waals surface area contributed by atoms with Crippen LogP contribution >= 0.6 is 0 Å². The largest absolute Gasteiger partial charge is 0.481 e. The molecule has 2 rings (SSSR count). The summed E-state index contributed by atoms with van der Waals surface area (Å²) in [6, 6.07) is 7.61. The van der Waals surface area contributed by atoms with Crippen LogP contribution in [0.5, 0.6) is 0 Å². The van der Waals surface area contributed by atoms with Crippen LogP contribution in [-0.4, -0.2) is 23.0 Å². The van der Waals surface area contributed by atoms with Crippen LogP contribution in [0.1, 0.15) is 37.8 Å². The maximum atomic E-state index is 12.5. The Kier molecular flexibility index (Phi) is 3.84. The lowest BCUT2D eigenvalue weighted by Gasteiger charge is -2.22. The summed E-state index contributed by atoms with van der Waals surface area (Å²) >= 11 is 0. The van der Waals surface area contributed by atoms with Gasteiger partial charge in [-0.05, 0) is 39.2 Å². The number of hydrogen-bond acceptors (Lipinski definition) is 2. The van der Waals surface area contributed by atoms with Crippen LogP contribution in [0.3, 0.4) is 0 Å². The van der Waals surface area contributed by atoms with E-state index in [0.29, 0.717) is 0 Å². The highest BCUT2D eigenvalue weighted by Gasteiger charge is 2.51. The molecule has 2 unspecified atom stereocenters. The first kappa shape index (κ1) is 14.6. The van der Waals surface area contributed by atoms with Gasteiger partial charge in [-0.2, -0.15) is 0 Å². The van der Waals surface area contributed by atoms with Crippen molar-refractivity contribution in [2.75, 3.05) is 0 Å². The first-order chi connectivity index (χ1) is 9.36. The number of amides is 1. The molecule has 1 aromatic rings. The molecular formula is C16H21NO3. The minimum absolute atomic E-state index is 0.0521. The van der Waals surface area contributed by atoms with Gasteiger partial charge in [-0.15, -0.1) is 0 Å². The Morgan fingerprint density at radius 1 is 1.30 bits per heavy atom. The Balaban J connectivity index is 2.11. The van der Waals surface area contributed by atoms with E-state index in [1.807, 2.05) is 31.2 Å². The van der Waals surface area contributed by atoms with Gasteiger partial charge >= 0.3 is 5.97 Å². The zero-order chi connectivity index (χ0) is 14.9. The smallest absolute Gasteiger partial charge is 0.308 e. The molecule has 4 heteroatoms. The summed E-state index contributed by atoms with van der Waals surface area (Å²) in [6.45, 7) is 5.36. The molecule has 1 aliphatic carbocycles. The van der Waals surface area contributed by atoms with Gasteiger partial charge in [-0.1, -0.05) is 29.8 Å². The molecule has 1 aliphatic rings. The summed E-state index contributed by atoms with van der Waals surface area (Å²) in [7, 11) is 0. The molecule has 0 radical (unpaired) electrons. The molecule has 0 spiro atoms. The third kappa shape index (κ3) is 2.69. The van der Waals surface area contributed by atoms with E-state index in [4.69, 9.17) is 5.11 Å². The first-order valence-corrected chi connectivity index (χ1v) is 6.98. The molecule has 1 aromatic carbocycles. The van der Waals surface area contributed by atoms with Crippen molar-refractivity contribution in [3.8, 4) is 0 Å². The van der Waals surface area contributed by atoms with E-state index in [0.717, 1.165) is 24.0 Å². The minimum atomic E-state index is -0.891. The molecule has 0 bridgehead atoms. The zero-order valence-corrected chi connectivity index (χ0v) is 12.1. The fraction of sp³-hybridized carbons (Fsp3) is 0.500. The molecule has 1 saturated carbocycles. The molecule has 2 N–H and O–H groups in total. The molecule has 1 amide bonds. The highest BCUT2D eigenvalue weighted by atomic mass is 16.4. The third-order valence-electron chi connectivity index (χ3n) is 4.25. The van der Waals surface area contributed by atoms with Crippen molar-refractivity contribution < 1.29 is 14.7 Å². The predicted octanol–water partition coefficient (Wildman–Crippen LogP) is 2.25. The number of benzene rings is 1. The number of carbonyl (C=O) groups is 2. The highest BCUT2D eigenvalue weighted by Crippen LogP contribution is 2.48. The average molecular weight is 275 g/mol. The van der Waals surface area contributed by atoms with Crippen molar-refractivity contribution in [2.45, 2.75) is 45.1 Å². The van der Waals surface area contributed by atoms with Crippen molar-refractivity contribution in [3.05, 3.63) is 35.4 Å². The number of aryl methyl sites for hydroxylation is 1. The summed E-state index contributed by atoms with van der Waals surface area (Å²) in [5.74, 6) is -1.53. The molecule has 108 valence electrons. The number of aliphatic carboxylic acids is 1. The van der Waals surface area contributed by atoms with E-state index < -0.39 is 17.3 Å². The second-order valence-electron chi connectivity index (χ2n) is 5.84. The normalized spacial score (nSPS) is 18.9. The van der Waals surface area contributed by atoms with Gasteiger partial charge in [-0.3, -0.25) is 9.59 Å². The lowest BCUT2D eigenvalue weighted by Crippen LogP contribution is -2.44. The average Bonchev–Trinajstić information content (AvgIpc) is 3.19. The van der Waals surface area contributed by atoms with E-state index in [1.165, 1.54) is 0 Å². The van der Waals surface area contributed by atoms with Crippen LogP contribution < -0.4 is 5.32 Å². The SMILES string of the molecule is Cc1cccc(C2(C(=O)NC(C)C(C)C(=O)O)CC2)c1. The highest BCUT2D eigenvalue weighted by molar-refractivity contribution is 5.91. The predicted molar refractivity (Wildman–Crippen MR) is 76.5 cm³/mol. The molecule has 0 heterocycles. The van der Waals surface area contributed by atoms with E-state index in [1.54, 1.807) is 13.8 Å². The Morgan fingerprint density at radius 3 is 2.45 bits per heavy atom. The van der Waals surface area contributed by atoms with Crippen LogP contribution in [0, 0.1) is 12.8 Å². The van der Waals surface area contributed by atoms with Gasteiger partial charge in [0.1, 0.15) is 0 Å². The molecule has 20 heavy (non-hydrogen) atoms. The number of carboxylic acid groups (broad SMARTS) is 1. The molecule has 2 atom stereocenters. The van der Waals surface area contributed by atoms with Crippen molar-refractivity contribution >= 4 is 11.9 Å². The molecule has 1 fully saturated rings. The zero-order valence-electron chi connectivity index (χ0n) is 12.1. The summed E-state index contributed by atoms with van der Waals surface area (Å²) in [5.41, 5.74) is 1.72. The Hall–Kier alpha value is -1.84. The number of hydrogen-bond donors (Lipinski definition) is 2. The summed E-state index contributed by atoms with van der Waals surface area (Å²) in [4.78, 5) is 23.4. The lowest BCUT2D eigenvalue weighted by molar-refractivity contribution is -0.142. The topological polar surface area (TPSA) is 66.4 Å². The number of carbonyl (C=O) groups excluding carboxylic acids is 1. The lowest BCUT2D eigenvalue weighted by atomic mass is 9.92. The quantitative estimate of drug-likeness (QED) is 0.866. The van der Waals surface area contributed by atoms with Gasteiger partial charge in [0.25, 0.3) is 0 Å². The molecule has 0 saturated heterocycles. The monoisotopic (exact) mass is 275 g/mol.